The van der Waals surface area contributed by atoms with E-state index in [9.17, 15) is 0 Å². The van der Waals surface area contributed by atoms with Crippen molar-refractivity contribution in [1.82, 2.24) is 0 Å². The summed E-state index contributed by atoms with van der Waals surface area (Å²) >= 11 is 0. The molecule has 1 aliphatic rings. The molecule has 60 valence electrons. The van der Waals surface area contributed by atoms with Crippen LogP contribution >= 0.6 is 0 Å². The van der Waals surface area contributed by atoms with Crippen LogP contribution in [0.4, 0.5) is 0 Å². The molecule has 0 radical (unpaired) electrons. The Kier molecular flexibility index (Phi) is 2.65. The van der Waals surface area contributed by atoms with Gasteiger partial charge in [0.1, 0.15) is 0 Å². The normalized spacial score (nSPS) is 35.1. The fraction of sp³-hybridized carbons (Fsp3) is 1.00. The quantitative estimate of drug-likeness (QED) is 0.584. The van der Waals surface area contributed by atoms with Gasteiger partial charge in [0.25, 0.3) is 6.48 Å². The number of hydrogen-bond donors (Lipinski definition) is 0. The average Bonchev–Trinajstić information content (AvgIpc) is 2.14. The Morgan fingerprint density at radius 2 is 1.70 bits per heavy atom. The largest absolute Gasteiger partial charge is 0.330 e. The minimum atomic E-state index is -0.435. The summed E-state index contributed by atoms with van der Waals surface area (Å²) in [6.07, 6.45) is 0.299. The Balaban J connectivity index is 2.27. The van der Waals surface area contributed by atoms with Crippen LogP contribution in [0.2, 0.25) is 0 Å². The molecule has 0 N–H and O–H groups in total. The van der Waals surface area contributed by atoms with Crippen molar-refractivity contribution >= 4 is 0 Å². The summed E-state index contributed by atoms with van der Waals surface area (Å²) in [6, 6.07) is 0. The number of rotatable bonds is 2. The summed E-state index contributed by atoms with van der Waals surface area (Å²) in [5, 5.41) is 0. The first-order chi connectivity index (χ1) is 4.74. The highest BCUT2D eigenvalue weighted by atomic mass is 16.9. The summed E-state index contributed by atoms with van der Waals surface area (Å²) in [5.41, 5.74) is 0. The summed E-state index contributed by atoms with van der Waals surface area (Å²) in [6.45, 7) is 6.06. The second-order valence-corrected chi connectivity index (χ2v) is 2.43. The van der Waals surface area contributed by atoms with Crippen LogP contribution in [0, 0.1) is 0 Å². The summed E-state index contributed by atoms with van der Waals surface area (Å²) in [7, 11) is 0. The fourth-order valence-corrected chi connectivity index (χ4v) is 0.819. The molecule has 0 aromatic heterocycles. The van der Waals surface area contributed by atoms with Crippen LogP contribution in [0.25, 0.3) is 0 Å². The van der Waals surface area contributed by atoms with Gasteiger partial charge >= 0.3 is 0 Å². The monoisotopic (exact) mass is 146 g/mol. The van der Waals surface area contributed by atoms with E-state index >= 15 is 0 Å². The van der Waals surface area contributed by atoms with Gasteiger partial charge in [0.2, 0.25) is 0 Å². The second kappa shape index (κ2) is 3.32. The zero-order chi connectivity index (χ0) is 7.56. The van der Waals surface area contributed by atoms with E-state index in [2.05, 4.69) is 0 Å². The van der Waals surface area contributed by atoms with Crippen molar-refractivity contribution in [2.45, 2.75) is 39.5 Å². The lowest BCUT2D eigenvalue weighted by molar-refractivity contribution is -0.238. The van der Waals surface area contributed by atoms with E-state index in [1.54, 1.807) is 0 Å². The van der Waals surface area contributed by atoms with Crippen LogP contribution in [0.15, 0.2) is 0 Å². The maximum atomic E-state index is 5.27. The molecule has 1 aliphatic heterocycles. The second-order valence-electron chi connectivity index (χ2n) is 2.43. The molecule has 0 aromatic carbocycles. The highest BCUT2D eigenvalue weighted by molar-refractivity contribution is 4.64. The minimum Gasteiger partial charge on any atom is -0.330 e. The summed E-state index contributed by atoms with van der Waals surface area (Å²) in [5.74, 6) is 0. The van der Waals surface area contributed by atoms with E-state index in [1.165, 1.54) is 0 Å². The van der Waals surface area contributed by atoms with E-state index in [0.29, 0.717) is 6.61 Å². The Morgan fingerprint density at radius 1 is 1.20 bits per heavy atom. The third-order valence-electron chi connectivity index (χ3n) is 1.62. The van der Waals surface area contributed by atoms with Crippen molar-refractivity contribution in [2.75, 3.05) is 6.61 Å². The lowest BCUT2D eigenvalue weighted by atomic mass is 10.3. The number of ether oxygens (including phenoxy) is 3. The van der Waals surface area contributed by atoms with Crippen molar-refractivity contribution in [3.8, 4) is 0 Å². The van der Waals surface area contributed by atoms with Crippen LogP contribution in [0.1, 0.15) is 20.8 Å². The zero-order valence-electron chi connectivity index (χ0n) is 6.66. The molecular formula is C7H14O3. The number of hydrogen-bond acceptors (Lipinski definition) is 3. The third-order valence-corrected chi connectivity index (χ3v) is 1.62. The van der Waals surface area contributed by atoms with Gasteiger partial charge in [0, 0.05) is 6.61 Å². The van der Waals surface area contributed by atoms with Gasteiger partial charge in [0.15, 0.2) is 0 Å². The molecule has 0 saturated carbocycles. The van der Waals surface area contributed by atoms with Gasteiger partial charge in [-0.2, -0.15) is 0 Å². The van der Waals surface area contributed by atoms with Gasteiger partial charge in [-0.1, -0.05) is 0 Å². The summed E-state index contributed by atoms with van der Waals surface area (Å²) < 4.78 is 15.6. The molecule has 0 unspecified atom stereocenters. The minimum absolute atomic E-state index is 0.150. The highest BCUT2D eigenvalue weighted by Gasteiger charge is 2.29. The fourth-order valence-electron chi connectivity index (χ4n) is 0.819. The van der Waals surface area contributed by atoms with Gasteiger partial charge in [-0.25, -0.2) is 0 Å². The molecule has 0 aliphatic carbocycles. The average molecular weight is 146 g/mol. The third kappa shape index (κ3) is 1.68. The molecule has 10 heavy (non-hydrogen) atoms. The Bertz CT molecular complexity index is 95.0. The first-order valence-electron chi connectivity index (χ1n) is 3.66. The van der Waals surface area contributed by atoms with Crippen LogP contribution in [0.3, 0.4) is 0 Å². The lowest BCUT2D eigenvalue weighted by Gasteiger charge is -2.07. The SMILES string of the molecule is CCOC1O[C@@H](C)[C@H](C)O1. The lowest BCUT2D eigenvalue weighted by Crippen LogP contribution is -2.13. The molecule has 3 nitrogen and oxygen atoms in total. The zero-order valence-corrected chi connectivity index (χ0v) is 6.66. The predicted molar refractivity (Wildman–Crippen MR) is 36.5 cm³/mol. The van der Waals surface area contributed by atoms with Gasteiger partial charge in [-0.3, -0.25) is 0 Å². The van der Waals surface area contributed by atoms with E-state index < -0.39 is 6.48 Å². The van der Waals surface area contributed by atoms with Gasteiger partial charge in [0.05, 0.1) is 12.2 Å². The van der Waals surface area contributed by atoms with Crippen molar-refractivity contribution in [3.05, 3.63) is 0 Å². The molecule has 3 heteroatoms. The molecule has 1 saturated heterocycles. The van der Waals surface area contributed by atoms with Crippen molar-refractivity contribution in [3.63, 3.8) is 0 Å². The van der Waals surface area contributed by atoms with Gasteiger partial charge < -0.3 is 14.2 Å². The predicted octanol–water partition coefficient (Wildman–Crippen LogP) is 1.13. The van der Waals surface area contributed by atoms with E-state index in [0.717, 1.165) is 0 Å². The van der Waals surface area contributed by atoms with Crippen LogP contribution in [-0.4, -0.2) is 25.3 Å². The maximum Gasteiger partial charge on any atom is 0.272 e. The molecule has 1 heterocycles. The van der Waals surface area contributed by atoms with Crippen molar-refractivity contribution in [1.29, 1.82) is 0 Å². The van der Waals surface area contributed by atoms with Crippen molar-refractivity contribution < 1.29 is 14.2 Å². The first kappa shape index (κ1) is 7.98. The van der Waals surface area contributed by atoms with E-state index in [4.69, 9.17) is 14.2 Å². The van der Waals surface area contributed by atoms with E-state index in [-0.39, 0.29) is 12.2 Å². The van der Waals surface area contributed by atoms with Crippen LogP contribution in [0.5, 0.6) is 0 Å². The van der Waals surface area contributed by atoms with Crippen molar-refractivity contribution in [2.24, 2.45) is 0 Å². The molecule has 0 amide bonds. The van der Waals surface area contributed by atoms with Gasteiger partial charge in [-0.05, 0) is 20.8 Å². The highest BCUT2D eigenvalue weighted by Crippen LogP contribution is 2.18. The topological polar surface area (TPSA) is 27.7 Å². The summed E-state index contributed by atoms with van der Waals surface area (Å²) in [4.78, 5) is 0. The molecule has 1 fully saturated rings. The smallest absolute Gasteiger partial charge is 0.272 e. The Morgan fingerprint density at radius 3 is 2.10 bits per heavy atom. The Hall–Kier alpha value is -0.120. The first-order valence-corrected chi connectivity index (χ1v) is 3.66. The van der Waals surface area contributed by atoms with Crippen LogP contribution in [-0.2, 0) is 14.2 Å². The maximum absolute atomic E-state index is 5.27. The van der Waals surface area contributed by atoms with Crippen LogP contribution < -0.4 is 0 Å². The molecule has 0 bridgehead atoms. The standard InChI is InChI=1S/C7H14O3/c1-4-8-7-9-5(2)6(3)10-7/h5-7H,4H2,1-3H3/t5-,6-/m0/s1. The molecule has 2 atom stereocenters. The molecular weight excluding hydrogens is 132 g/mol. The Labute approximate surface area is 61.3 Å². The molecule has 1 rings (SSSR count). The molecule has 0 aromatic rings. The van der Waals surface area contributed by atoms with E-state index in [1.807, 2.05) is 20.8 Å². The molecule has 0 spiro atoms. The van der Waals surface area contributed by atoms with Gasteiger partial charge in [-0.15, -0.1) is 0 Å².